The molecule has 3 saturated carbocycles. The molecular formula is C52H69Cl2N17O7S3. The van der Waals surface area contributed by atoms with Crippen molar-refractivity contribution in [2.45, 2.75) is 107 Å². The second kappa shape index (κ2) is 24.2. The molecule has 9 N–H and O–H groups in total. The fourth-order valence-electron chi connectivity index (χ4n) is 7.80. The number of sulfonamides is 1. The average molecular weight is 1210 g/mol. The highest BCUT2D eigenvalue weighted by atomic mass is 35.5. The van der Waals surface area contributed by atoms with Crippen LogP contribution in [0.1, 0.15) is 132 Å². The molecule has 1 amide bonds. The van der Waals surface area contributed by atoms with Gasteiger partial charge in [-0.15, -0.1) is 22.7 Å². The number of aliphatic hydroxyl groups excluding tert-OH is 1. The molecule has 0 aliphatic heterocycles. The van der Waals surface area contributed by atoms with E-state index in [1.807, 2.05) is 30.3 Å². The highest BCUT2D eigenvalue weighted by Crippen LogP contribution is 2.42. The number of hydrogen-bond donors (Lipinski definition) is 9. The van der Waals surface area contributed by atoms with Gasteiger partial charge in [0.1, 0.15) is 20.1 Å². The molecule has 3 fully saturated rings. The number of furan rings is 1. The first-order valence-electron chi connectivity index (χ1n) is 25.5. The number of carbonyl (C=O) groups excluding carboxylic acids is 2. The van der Waals surface area contributed by atoms with Crippen molar-refractivity contribution < 1.29 is 42.3 Å². The number of aromatic amines is 3. The molecule has 0 saturated heterocycles. The largest absolute Gasteiger partial charge is 0.453 e. The Morgan fingerprint density at radius 2 is 1.26 bits per heavy atom. The molecule has 0 radical (unpaired) electrons. The number of nitrogens with one attached hydrogen (secondary N) is 8. The summed E-state index contributed by atoms with van der Waals surface area (Å²) in [7, 11) is -2.31. The topological polar surface area (TPSA) is 334 Å². The van der Waals surface area contributed by atoms with E-state index in [0.29, 0.717) is 103 Å². The van der Waals surface area contributed by atoms with Crippen LogP contribution in [0.2, 0.25) is 10.0 Å². The van der Waals surface area contributed by atoms with Gasteiger partial charge < -0.3 is 35.5 Å². The molecule has 24 nitrogen and oxygen atoms in total. The molecule has 9 aromatic rings. The Hall–Kier alpha value is -7.66. The Morgan fingerprint density at radius 1 is 0.716 bits per heavy atom. The maximum absolute atomic E-state index is 12.6. The summed E-state index contributed by atoms with van der Waals surface area (Å²) >= 11 is 15.0. The lowest BCUT2D eigenvalue weighted by Crippen LogP contribution is -2.40. The lowest BCUT2D eigenvalue weighted by atomic mass is 10.1. The molecule has 436 valence electrons. The number of H-pyrrole nitrogens is 3. The van der Waals surface area contributed by atoms with Gasteiger partial charge in [-0.05, 0) is 95.7 Å². The number of Topliss-reactive ketones (excluding diaryl/α,β-unsaturated/α-hetero) is 1. The Morgan fingerprint density at radius 3 is 1.79 bits per heavy atom. The van der Waals surface area contributed by atoms with E-state index in [0.717, 1.165) is 38.2 Å². The molecule has 0 bridgehead atoms. The van der Waals surface area contributed by atoms with Crippen molar-refractivity contribution in [1.29, 1.82) is 0 Å². The van der Waals surface area contributed by atoms with E-state index >= 15 is 0 Å². The first kappa shape index (κ1) is 56.6. The smallest absolute Gasteiger partial charge is 0.407 e. The Balaban J connectivity index is 0.000000334. The van der Waals surface area contributed by atoms with E-state index in [1.165, 1.54) is 76.2 Å². The number of ether oxygens (including phenoxy) is 1. The third-order valence-electron chi connectivity index (χ3n) is 12.2. The van der Waals surface area contributed by atoms with Gasteiger partial charge in [-0.25, -0.2) is 47.8 Å². The normalized spacial score (nSPS) is 14.1. The van der Waals surface area contributed by atoms with Crippen LogP contribution >= 0.6 is 45.9 Å². The predicted molar refractivity (Wildman–Crippen MR) is 322 cm³/mol. The van der Waals surface area contributed by atoms with Crippen LogP contribution in [0.5, 0.6) is 0 Å². The van der Waals surface area contributed by atoms with Crippen LogP contribution in [0.15, 0.2) is 81.7 Å². The number of carbonyl (C=O) groups is 2. The van der Waals surface area contributed by atoms with E-state index in [4.69, 9.17) is 27.6 Å². The summed E-state index contributed by atoms with van der Waals surface area (Å²) in [6, 6.07) is 17.8. The summed E-state index contributed by atoms with van der Waals surface area (Å²) in [5, 5.41) is 44.2. The predicted octanol–water partition coefficient (Wildman–Crippen LogP) is 12.8. The Labute approximate surface area is 492 Å². The number of methoxy groups -OCH3 is 1. The molecule has 12 rings (SSSR count). The molecule has 81 heavy (non-hydrogen) atoms. The van der Waals surface area contributed by atoms with Gasteiger partial charge in [0.25, 0.3) is 10.0 Å². The van der Waals surface area contributed by atoms with Crippen LogP contribution in [0.3, 0.4) is 0 Å². The van der Waals surface area contributed by atoms with Crippen molar-refractivity contribution in [3.8, 4) is 33.0 Å². The number of ketones is 1. The summed E-state index contributed by atoms with van der Waals surface area (Å²) in [4.78, 5) is 51.1. The van der Waals surface area contributed by atoms with E-state index < -0.39 is 21.7 Å². The second-order valence-electron chi connectivity index (χ2n) is 20.1. The molecule has 3 aliphatic carbocycles. The number of amides is 1. The van der Waals surface area contributed by atoms with Gasteiger partial charge in [0, 0.05) is 86.4 Å². The van der Waals surface area contributed by atoms with Gasteiger partial charge in [0.05, 0.1) is 48.1 Å². The third kappa shape index (κ3) is 15.0. The number of rotatable bonds is 18. The van der Waals surface area contributed by atoms with Gasteiger partial charge in [-0.2, -0.15) is 15.3 Å². The summed E-state index contributed by atoms with van der Waals surface area (Å²) in [6.45, 7) is 6.92. The minimum Gasteiger partial charge on any atom is -0.453 e. The van der Waals surface area contributed by atoms with E-state index in [2.05, 4.69) is 91.2 Å². The Bertz CT molecular complexity index is 3850. The molecule has 9 aromatic heterocycles. The SMILES string of the molecule is CC(=O)c1ccc(-c2ncc(Cl)c(Nc3cc(C4CC4)[nH]n3)n2)o1.CC(C)(C)NS(=O)(=O)c1ccc(-c2nc(CO)cc(Nc3cc(C4CC4)[nH]n3)n2)s1.COC(=O)NCc1ccc(-c2ncc(Cl)c(Nc3cc(C4CC4)[nH]n3)n2)s1.[HH].[HH].[HH].[HH].[HH].[HH].[HH]. The fraction of sp³-hybridized carbons (Fsp3) is 0.327. The molecule has 0 unspecified atom stereocenters. The minimum absolute atomic E-state index is 0. The summed E-state index contributed by atoms with van der Waals surface area (Å²) in [5.74, 6) is 6.82. The molecule has 0 atom stereocenters. The zero-order chi connectivity index (χ0) is 57.0. The van der Waals surface area contributed by atoms with Gasteiger partial charge in [0.2, 0.25) is 0 Å². The van der Waals surface area contributed by atoms with Crippen molar-refractivity contribution in [3.63, 3.8) is 0 Å². The zero-order valence-corrected chi connectivity index (χ0v) is 48.2. The third-order valence-corrected chi connectivity index (χ3v) is 17.1. The van der Waals surface area contributed by atoms with Crippen molar-refractivity contribution in [3.05, 3.63) is 117 Å². The van der Waals surface area contributed by atoms with Crippen LogP contribution in [0.25, 0.3) is 33.0 Å². The van der Waals surface area contributed by atoms with Crippen LogP contribution in [0.4, 0.5) is 39.7 Å². The fourth-order valence-corrected chi connectivity index (χ4v) is 11.6. The van der Waals surface area contributed by atoms with E-state index in [1.54, 1.807) is 51.2 Å². The molecule has 0 aromatic carbocycles. The van der Waals surface area contributed by atoms with Gasteiger partial charge in [-0.1, -0.05) is 23.2 Å². The first-order chi connectivity index (χ1) is 38.8. The number of aliphatic hydroxyl groups is 1. The molecule has 9 heterocycles. The second-order valence-corrected chi connectivity index (χ2v) is 25.1. The highest BCUT2D eigenvalue weighted by molar-refractivity contribution is 7.91. The van der Waals surface area contributed by atoms with Crippen LogP contribution in [-0.4, -0.2) is 98.5 Å². The van der Waals surface area contributed by atoms with Crippen molar-refractivity contribution >= 4 is 103 Å². The monoisotopic (exact) mass is 1210 g/mol. The molecular weight excluding hydrogens is 1140 g/mol. The summed E-state index contributed by atoms with van der Waals surface area (Å²) in [6.07, 6.45) is 9.70. The van der Waals surface area contributed by atoms with Crippen LogP contribution < -0.4 is 26.0 Å². The summed E-state index contributed by atoms with van der Waals surface area (Å²) in [5.41, 5.74) is 3.17. The number of aromatic nitrogens is 12. The number of halogens is 2. The maximum atomic E-state index is 12.6. The minimum atomic E-state index is -3.65. The quantitative estimate of drug-likeness (QED) is 0.0360. The number of nitrogens with zero attached hydrogens (tertiary/aromatic N) is 9. The van der Waals surface area contributed by atoms with Crippen molar-refractivity contribution in [2.75, 3.05) is 23.1 Å². The summed E-state index contributed by atoms with van der Waals surface area (Å²) < 4.78 is 38.0. The number of hydrogen-bond acceptors (Lipinski definition) is 21. The number of thiophene rings is 2. The van der Waals surface area contributed by atoms with Crippen molar-refractivity contribution in [1.82, 2.24) is 70.5 Å². The standard InChI is InChI=1S/C19H24N6O3S2.C17H17ClN6O2S.C16H14ClN5O2.7H2/c1-19(2,3)25-30(27,28)17-7-6-14(29-17)18-20-12(10-26)8-15(22-18)21-16-9-13(23-24-16)11-4-5-11;1-26-17(25)20-7-10-4-5-13(27-10)16-19-8-11(18)15(22-16)21-14-6-12(23-24-14)9-2-3-9;1-8(23)12-4-5-13(24-12)16-18-7-10(17)15(20-16)19-14-6-11(21-22-14)9-2-3-9;;;;;;;/h6-9,11,25-26H,4-5,10H2,1-3H3,(H2,20,21,22,23,24);4-6,8-9H,2-3,7H2,1H3,(H,20,25)(H2,19,21,22,23,24);4-7,9H,2-3H2,1H3,(H2,18,19,20,21,22);7*1H. The average Bonchev–Trinajstić information content (AvgIpc) is 3.76. The first-order valence-corrected chi connectivity index (χ1v) is 29.4. The molecule has 29 heteroatoms. The van der Waals surface area contributed by atoms with Gasteiger partial charge in [-0.3, -0.25) is 20.1 Å². The van der Waals surface area contributed by atoms with Crippen LogP contribution in [0, 0.1) is 0 Å². The Kier molecular flexibility index (Phi) is 16.9. The van der Waals surface area contributed by atoms with Gasteiger partial charge in [0.15, 0.2) is 63.9 Å². The van der Waals surface area contributed by atoms with E-state index in [9.17, 15) is 23.1 Å². The zero-order valence-electron chi connectivity index (χ0n) is 44.2. The molecule has 3 aliphatic rings. The lowest BCUT2D eigenvalue weighted by molar-refractivity contribution is 0.0988. The maximum Gasteiger partial charge on any atom is 0.407 e. The number of anilines is 6. The number of alkyl carbamates (subject to hydrolysis) is 1. The van der Waals surface area contributed by atoms with Crippen molar-refractivity contribution in [2.24, 2.45) is 0 Å². The van der Waals surface area contributed by atoms with Gasteiger partial charge >= 0.3 is 6.09 Å². The molecule has 0 spiro atoms. The highest BCUT2D eigenvalue weighted by Gasteiger charge is 2.29. The van der Waals surface area contributed by atoms with Crippen LogP contribution in [-0.2, 0) is 27.9 Å². The van der Waals surface area contributed by atoms with E-state index in [-0.39, 0.29) is 32.3 Å². The lowest BCUT2D eigenvalue weighted by Gasteiger charge is -2.19.